The number of piperidine rings is 1. The molecule has 1 N–H and O–H groups in total. The number of thiophene rings is 1. The van der Waals surface area contributed by atoms with Gasteiger partial charge in [-0.15, -0.1) is 11.3 Å². The van der Waals surface area contributed by atoms with E-state index in [4.69, 9.17) is 0 Å². The molecule has 1 fully saturated rings. The fraction of sp³-hybridized carbons (Fsp3) is 0.533. The Bertz CT molecular complexity index is 394. The Balaban J connectivity index is 1.56. The molecule has 1 aromatic heterocycles. The van der Waals surface area contributed by atoms with Crippen LogP contribution in [0, 0.1) is 0 Å². The predicted molar refractivity (Wildman–Crippen MR) is 81.3 cm³/mol. The van der Waals surface area contributed by atoms with Crippen molar-refractivity contribution in [3.05, 3.63) is 28.5 Å². The molecule has 0 radical (unpaired) electrons. The molecule has 4 heteroatoms. The number of nitrogens with one attached hydrogen (secondary N) is 1. The Morgan fingerprint density at radius 2 is 2.21 bits per heavy atom. The summed E-state index contributed by atoms with van der Waals surface area (Å²) in [5.74, 6) is 0.00652. The SMILES string of the molecule is O=C(/C=C/c1cccs1)NCCCN1CCCCC1. The second-order valence-corrected chi connectivity index (χ2v) is 5.87. The highest BCUT2D eigenvalue weighted by Crippen LogP contribution is 2.10. The molecule has 0 unspecified atom stereocenters. The van der Waals surface area contributed by atoms with Gasteiger partial charge in [0.1, 0.15) is 0 Å². The van der Waals surface area contributed by atoms with E-state index in [1.165, 1.54) is 32.4 Å². The summed E-state index contributed by atoms with van der Waals surface area (Å²) in [7, 11) is 0. The Kier molecular flexibility index (Phi) is 6.11. The number of nitrogens with zero attached hydrogens (tertiary/aromatic N) is 1. The number of rotatable bonds is 6. The van der Waals surface area contributed by atoms with Crippen LogP contribution in [0.15, 0.2) is 23.6 Å². The van der Waals surface area contributed by atoms with Gasteiger partial charge in [0.15, 0.2) is 0 Å². The van der Waals surface area contributed by atoms with Crippen molar-refractivity contribution in [2.45, 2.75) is 25.7 Å². The maximum Gasteiger partial charge on any atom is 0.244 e. The van der Waals surface area contributed by atoms with Gasteiger partial charge >= 0.3 is 0 Å². The van der Waals surface area contributed by atoms with E-state index < -0.39 is 0 Å². The number of carbonyl (C=O) groups is 1. The minimum atomic E-state index is 0.00652. The number of amides is 1. The quantitative estimate of drug-likeness (QED) is 0.641. The molecular weight excluding hydrogens is 256 g/mol. The van der Waals surface area contributed by atoms with Crippen molar-refractivity contribution in [1.82, 2.24) is 10.2 Å². The molecule has 1 aliphatic rings. The molecule has 3 nitrogen and oxygen atoms in total. The predicted octanol–water partition coefficient (Wildman–Crippen LogP) is 2.75. The summed E-state index contributed by atoms with van der Waals surface area (Å²) in [5.41, 5.74) is 0. The van der Waals surface area contributed by atoms with Gasteiger partial charge in [0, 0.05) is 17.5 Å². The maximum absolute atomic E-state index is 11.6. The van der Waals surface area contributed by atoms with Crippen LogP contribution in [0.4, 0.5) is 0 Å². The van der Waals surface area contributed by atoms with E-state index in [9.17, 15) is 4.79 Å². The number of hydrogen-bond acceptors (Lipinski definition) is 3. The zero-order valence-electron chi connectivity index (χ0n) is 11.3. The molecule has 2 rings (SSSR count). The van der Waals surface area contributed by atoms with E-state index in [0.29, 0.717) is 0 Å². The lowest BCUT2D eigenvalue weighted by atomic mass is 10.1. The molecule has 0 spiro atoms. The van der Waals surface area contributed by atoms with Crippen molar-refractivity contribution in [3.8, 4) is 0 Å². The third-order valence-electron chi connectivity index (χ3n) is 3.34. The molecule has 0 saturated carbocycles. The van der Waals surface area contributed by atoms with E-state index in [0.717, 1.165) is 24.4 Å². The molecule has 1 aromatic rings. The van der Waals surface area contributed by atoms with Crippen LogP contribution in [-0.4, -0.2) is 37.0 Å². The highest BCUT2D eigenvalue weighted by molar-refractivity contribution is 7.10. The first-order chi connectivity index (χ1) is 9.34. The molecule has 0 aliphatic carbocycles. The Morgan fingerprint density at radius 1 is 1.37 bits per heavy atom. The van der Waals surface area contributed by atoms with Crippen molar-refractivity contribution >= 4 is 23.3 Å². The molecule has 2 heterocycles. The van der Waals surface area contributed by atoms with Gasteiger partial charge in [0.25, 0.3) is 0 Å². The van der Waals surface area contributed by atoms with Gasteiger partial charge in [-0.05, 0) is 56.4 Å². The lowest BCUT2D eigenvalue weighted by Crippen LogP contribution is -2.33. The summed E-state index contributed by atoms with van der Waals surface area (Å²) in [6.45, 7) is 4.33. The van der Waals surface area contributed by atoms with Gasteiger partial charge in [-0.25, -0.2) is 0 Å². The van der Waals surface area contributed by atoms with Crippen LogP contribution in [0.2, 0.25) is 0 Å². The molecule has 0 atom stereocenters. The first kappa shape index (κ1) is 14.3. The van der Waals surface area contributed by atoms with E-state index in [2.05, 4.69) is 10.2 Å². The van der Waals surface area contributed by atoms with Gasteiger partial charge in [-0.3, -0.25) is 4.79 Å². The van der Waals surface area contributed by atoms with Crippen LogP contribution in [0.3, 0.4) is 0 Å². The molecule has 1 amide bonds. The van der Waals surface area contributed by atoms with Crippen LogP contribution in [0.5, 0.6) is 0 Å². The van der Waals surface area contributed by atoms with Crippen molar-refractivity contribution in [3.63, 3.8) is 0 Å². The lowest BCUT2D eigenvalue weighted by molar-refractivity contribution is -0.116. The molecule has 0 bridgehead atoms. The van der Waals surface area contributed by atoms with Crippen molar-refractivity contribution in [2.75, 3.05) is 26.2 Å². The zero-order valence-corrected chi connectivity index (χ0v) is 12.1. The van der Waals surface area contributed by atoms with Crippen LogP contribution in [0.25, 0.3) is 6.08 Å². The standard InChI is InChI=1S/C15H22N2OS/c18-15(8-7-14-6-4-13-19-14)16-9-5-12-17-10-2-1-3-11-17/h4,6-8,13H,1-3,5,9-12H2,(H,16,18)/b8-7+. The van der Waals surface area contributed by atoms with Crippen LogP contribution < -0.4 is 5.32 Å². The molecule has 1 aliphatic heterocycles. The first-order valence-electron chi connectivity index (χ1n) is 7.06. The number of carbonyl (C=O) groups excluding carboxylic acids is 1. The van der Waals surface area contributed by atoms with Gasteiger partial charge in [-0.2, -0.15) is 0 Å². The summed E-state index contributed by atoms with van der Waals surface area (Å²) in [6.07, 6.45) is 8.56. The topological polar surface area (TPSA) is 32.3 Å². The Labute approximate surface area is 119 Å². The minimum absolute atomic E-state index is 0.00652. The lowest BCUT2D eigenvalue weighted by Gasteiger charge is -2.26. The molecule has 1 saturated heterocycles. The van der Waals surface area contributed by atoms with Crippen LogP contribution in [-0.2, 0) is 4.79 Å². The van der Waals surface area contributed by atoms with Gasteiger partial charge in [0.2, 0.25) is 5.91 Å². The normalized spacial score (nSPS) is 16.8. The van der Waals surface area contributed by atoms with Crippen LogP contribution in [0.1, 0.15) is 30.6 Å². The Morgan fingerprint density at radius 3 is 2.95 bits per heavy atom. The maximum atomic E-state index is 11.6. The molecular formula is C15H22N2OS. The largest absolute Gasteiger partial charge is 0.353 e. The first-order valence-corrected chi connectivity index (χ1v) is 7.94. The highest BCUT2D eigenvalue weighted by atomic mass is 32.1. The summed E-state index contributed by atoms with van der Waals surface area (Å²) in [5, 5.41) is 4.95. The smallest absolute Gasteiger partial charge is 0.244 e. The Hall–Kier alpha value is -1.13. The molecule has 19 heavy (non-hydrogen) atoms. The minimum Gasteiger partial charge on any atom is -0.353 e. The number of likely N-dealkylation sites (tertiary alicyclic amines) is 1. The second-order valence-electron chi connectivity index (χ2n) is 4.90. The van der Waals surface area contributed by atoms with E-state index >= 15 is 0 Å². The summed E-state index contributed by atoms with van der Waals surface area (Å²) in [4.78, 5) is 15.2. The third kappa shape index (κ3) is 5.57. The fourth-order valence-corrected chi connectivity index (χ4v) is 2.92. The number of hydrogen-bond donors (Lipinski definition) is 1. The molecule has 0 aromatic carbocycles. The van der Waals surface area contributed by atoms with E-state index in [1.54, 1.807) is 17.4 Å². The monoisotopic (exact) mass is 278 g/mol. The van der Waals surface area contributed by atoms with E-state index in [-0.39, 0.29) is 5.91 Å². The van der Waals surface area contributed by atoms with Gasteiger partial charge in [-0.1, -0.05) is 12.5 Å². The van der Waals surface area contributed by atoms with Crippen molar-refractivity contribution in [1.29, 1.82) is 0 Å². The van der Waals surface area contributed by atoms with Crippen LogP contribution >= 0.6 is 11.3 Å². The average molecular weight is 278 g/mol. The van der Waals surface area contributed by atoms with Gasteiger partial charge < -0.3 is 10.2 Å². The highest BCUT2D eigenvalue weighted by Gasteiger charge is 2.08. The summed E-state index contributed by atoms with van der Waals surface area (Å²) < 4.78 is 0. The van der Waals surface area contributed by atoms with Crippen molar-refractivity contribution in [2.24, 2.45) is 0 Å². The summed E-state index contributed by atoms with van der Waals surface area (Å²) >= 11 is 1.64. The van der Waals surface area contributed by atoms with Crippen molar-refractivity contribution < 1.29 is 4.79 Å². The van der Waals surface area contributed by atoms with E-state index in [1.807, 2.05) is 23.6 Å². The second kappa shape index (κ2) is 8.12. The zero-order chi connectivity index (χ0) is 13.3. The summed E-state index contributed by atoms with van der Waals surface area (Å²) in [6, 6.07) is 3.99. The third-order valence-corrected chi connectivity index (χ3v) is 4.18. The molecule has 104 valence electrons. The van der Waals surface area contributed by atoms with Gasteiger partial charge in [0.05, 0.1) is 0 Å². The fourth-order valence-electron chi connectivity index (χ4n) is 2.30. The average Bonchev–Trinajstić information content (AvgIpc) is 2.96.